The molecule has 5 nitrogen and oxygen atoms in total. The van der Waals surface area contributed by atoms with Crippen LogP contribution < -0.4 is 0 Å². The van der Waals surface area contributed by atoms with Gasteiger partial charge in [0.2, 0.25) is 0 Å². The quantitative estimate of drug-likeness (QED) is 0.463. The van der Waals surface area contributed by atoms with Crippen LogP contribution in [0.1, 0.15) is 20.7 Å². The molecule has 0 bridgehead atoms. The molecule has 0 radical (unpaired) electrons. The minimum absolute atomic E-state index is 0.0783. The van der Waals surface area contributed by atoms with Crippen LogP contribution >= 0.6 is 0 Å². The van der Waals surface area contributed by atoms with Crippen molar-refractivity contribution in [1.29, 1.82) is 0 Å². The molecule has 2 amide bonds. The molecule has 0 unspecified atom stereocenters. The molecular formula is C11H9NO4Se. The molecule has 1 heterocycles. The number of ether oxygens (including phenoxy) is 1. The zero-order chi connectivity index (χ0) is 12.4. The van der Waals surface area contributed by atoms with E-state index in [0.717, 1.165) is 3.92 Å². The molecule has 1 aliphatic heterocycles. The van der Waals surface area contributed by atoms with Crippen molar-refractivity contribution in [2.24, 2.45) is 0 Å². The number of amides is 2. The van der Waals surface area contributed by atoms with E-state index in [4.69, 9.17) is 0 Å². The number of carbonyl (C=O) groups excluding carboxylic acids is 3. The molecule has 0 aromatic heterocycles. The molecule has 0 N–H and O–H groups in total. The summed E-state index contributed by atoms with van der Waals surface area (Å²) in [5.41, 5.74) is 0.813. The number of benzene rings is 1. The summed E-state index contributed by atoms with van der Waals surface area (Å²) in [6.07, 6.45) is 0. The molecule has 6 heteroatoms. The van der Waals surface area contributed by atoms with E-state index >= 15 is 0 Å². The van der Waals surface area contributed by atoms with Gasteiger partial charge in [-0.05, 0) is 0 Å². The zero-order valence-corrected chi connectivity index (χ0v) is 10.7. The first-order chi connectivity index (χ1) is 8.15. The molecule has 1 aromatic rings. The summed E-state index contributed by atoms with van der Waals surface area (Å²) in [6, 6.07) is 6.65. The number of hydrogen-bond donors (Lipinski definition) is 0. The van der Waals surface area contributed by atoms with Gasteiger partial charge < -0.3 is 0 Å². The Morgan fingerprint density at radius 3 is 2.24 bits per heavy atom. The normalized spacial score (nSPS) is 13.8. The van der Waals surface area contributed by atoms with E-state index in [9.17, 15) is 14.4 Å². The van der Waals surface area contributed by atoms with Gasteiger partial charge in [0.05, 0.1) is 0 Å². The Morgan fingerprint density at radius 2 is 1.76 bits per heavy atom. The number of carbonyl (C=O) groups is 3. The summed E-state index contributed by atoms with van der Waals surface area (Å²) < 4.78 is 5.62. The van der Waals surface area contributed by atoms with Crippen molar-refractivity contribution >= 4 is 33.0 Å². The molecule has 0 saturated heterocycles. The second-order valence-corrected chi connectivity index (χ2v) is 5.21. The predicted octanol–water partition coefficient (Wildman–Crippen LogP) is 0.493. The number of methoxy groups -OCH3 is 1. The average molecular weight is 298 g/mol. The number of hydrogen-bond acceptors (Lipinski definition) is 4. The number of esters is 1. The molecule has 0 fully saturated rings. The van der Waals surface area contributed by atoms with E-state index in [2.05, 4.69) is 4.74 Å². The van der Waals surface area contributed by atoms with Gasteiger partial charge >= 0.3 is 104 Å². The third-order valence-corrected chi connectivity index (χ3v) is 4.30. The fraction of sp³-hybridized carbons (Fsp3) is 0.182. The van der Waals surface area contributed by atoms with E-state index in [1.807, 2.05) is 0 Å². The summed E-state index contributed by atoms with van der Waals surface area (Å²) >= 11 is -0.541. The van der Waals surface area contributed by atoms with Gasteiger partial charge in [0.25, 0.3) is 0 Å². The van der Waals surface area contributed by atoms with Crippen LogP contribution in [-0.4, -0.2) is 44.0 Å². The van der Waals surface area contributed by atoms with Gasteiger partial charge in [0, 0.05) is 0 Å². The van der Waals surface area contributed by atoms with Crippen LogP contribution in [0.15, 0.2) is 24.3 Å². The molecule has 1 aliphatic rings. The van der Waals surface area contributed by atoms with Crippen LogP contribution in [-0.2, 0) is 9.53 Å². The van der Waals surface area contributed by atoms with Crippen molar-refractivity contribution in [3.8, 4) is 0 Å². The predicted molar refractivity (Wildman–Crippen MR) is 59.5 cm³/mol. The summed E-state index contributed by atoms with van der Waals surface area (Å²) in [5.74, 6) is -1.06. The average Bonchev–Trinajstić information content (AvgIpc) is 2.60. The molecule has 0 aliphatic carbocycles. The van der Waals surface area contributed by atoms with Crippen molar-refractivity contribution in [2.75, 3.05) is 7.11 Å². The van der Waals surface area contributed by atoms with Gasteiger partial charge in [-0.2, -0.15) is 0 Å². The number of rotatable bonds is 3. The van der Waals surface area contributed by atoms with E-state index in [-0.39, 0.29) is 17.1 Å². The molecule has 0 atom stereocenters. The van der Waals surface area contributed by atoms with Gasteiger partial charge in [-0.3, -0.25) is 0 Å². The van der Waals surface area contributed by atoms with Crippen LogP contribution in [0.25, 0.3) is 0 Å². The number of fused-ring (bicyclic) bond motifs is 1. The monoisotopic (exact) mass is 299 g/mol. The molecule has 88 valence electrons. The number of nitrogens with zero attached hydrogens (tertiary/aromatic N) is 1. The fourth-order valence-electron chi connectivity index (χ4n) is 1.46. The fourth-order valence-corrected chi connectivity index (χ4v) is 3.10. The van der Waals surface area contributed by atoms with Crippen molar-refractivity contribution in [3.63, 3.8) is 0 Å². The molecule has 0 saturated carbocycles. The Hall–Kier alpha value is -1.65. The maximum atomic E-state index is 11.9. The SMILES string of the molecule is COC(=O)C[Se]N1C(=O)c2ccccc2C1=O. The summed E-state index contributed by atoms with van der Waals surface area (Å²) in [7, 11) is 1.28. The van der Waals surface area contributed by atoms with E-state index in [0.29, 0.717) is 11.1 Å². The standard InChI is InChI=1S/C11H9NO4Se/c1-16-9(13)6-17-12-10(14)7-4-2-3-5-8(7)11(12)15/h2-5H,6H2,1H3. The minimum atomic E-state index is -0.541. The van der Waals surface area contributed by atoms with E-state index in [1.165, 1.54) is 7.11 Å². The Kier molecular flexibility index (Phi) is 3.26. The molecule has 1 aromatic carbocycles. The van der Waals surface area contributed by atoms with E-state index < -0.39 is 21.1 Å². The number of imide groups is 1. The van der Waals surface area contributed by atoms with Gasteiger partial charge in [-0.15, -0.1) is 0 Å². The van der Waals surface area contributed by atoms with Crippen LogP contribution in [0, 0.1) is 0 Å². The Morgan fingerprint density at radius 1 is 1.24 bits per heavy atom. The van der Waals surface area contributed by atoms with Crippen LogP contribution in [0.3, 0.4) is 0 Å². The third-order valence-electron chi connectivity index (χ3n) is 2.30. The molecule has 0 spiro atoms. The Balaban J connectivity index is 2.16. The van der Waals surface area contributed by atoms with Crippen LogP contribution in [0.5, 0.6) is 0 Å². The first kappa shape index (κ1) is 11.8. The van der Waals surface area contributed by atoms with Crippen molar-refractivity contribution in [3.05, 3.63) is 35.4 Å². The second kappa shape index (κ2) is 4.69. The van der Waals surface area contributed by atoms with Crippen molar-refractivity contribution in [1.82, 2.24) is 3.92 Å². The van der Waals surface area contributed by atoms with Crippen molar-refractivity contribution in [2.45, 2.75) is 5.32 Å². The first-order valence-corrected chi connectivity index (χ1v) is 6.80. The second-order valence-electron chi connectivity index (χ2n) is 3.30. The summed E-state index contributed by atoms with van der Waals surface area (Å²) in [6.45, 7) is 0. The van der Waals surface area contributed by atoms with Gasteiger partial charge in [0.15, 0.2) is 0 Å². The van der Waals surface area contributed by atoms with Crippen LogP contribution in [0.4, 0.5) is 0 Å². The van der Waals surface area contributed by atoms with Gasteiger partial charge in [-0.1, -0.05) is 0 Å². The molecule has 2 rings (SSSR count). The first-order valence-electron chi connectivity index (χ1n) is 4.82. The van der Waals surface area contributed by atoms with Gasteiger partial charge in [0.1, 0.15) is 0 Å². The zero-order valence-electron chi connectivity index (χ0n) is 9.00. The van der Waals surface area contributed by atoms with E-state index in [1.54, 1.807) is 24.3 Å². The Labute approximate surface area is 104 Å². The van der Waals surface area contributed by atoms with Gasteiger partial charge in [-0.25, -0.2) is 0 Å². The maximum absolute atomic E-state index is 11.9. The summed E-state index contributed by atoms with van der Waals surface area (Å²) in [4.78, 5) is 34.8. The third kappa shape index (κ3) is 2.09. The van der Waals surface area contributed by atoms with Crippen molar-refractivity contribution < 1.29 is 19.1 Å². The topological polar surface area (TPSA) is 63.7 Å². The summed E-state index contributed by atoms with van der Waals surface area (Å²) in [5, 5.41) is 0.0783. The molecular weight excluding hydrogens is 289 g/mol. The molecule has 17 heavy (non-hydrogen) atoms. The Bertz CT molecular complexity index is 465. The van der Waals surface area contributed by atoms with Crippen LogP contribution in [0.2, 0.25) is 5.32 Å².